The number of benzene rings is 1. The van der Waals surface area contributed by atoms with Gasteiger partial charge in [0.05, 0.1) is 11.0 Å². The van der Waals surface area contributed by atoms with Crippen LogP contribution >= 0.6 is 0 Å². The number of nitrogens with two attached hydrogens (primary N) is 1. The number of carbonyl (C=O) groups excluding carboxylic acids is 1. The van der Waals surface area contributed by atoms with Crippen LogP contribution in [-0.2, 0) is 21.8 Å². The molecule has 3 rings (SSSR count). The van der Waals surface area contributed by atoms with Crippen molar-refractivity contribution in [2.75, 3.05) is 0 Å². The second-order valence-electron chi connectivity index (χ2n) is 6.46. The summed E-state index contributed by atoms with van der Waals surface area (Å²) in [4.78, 5) is 16.7. The maximum absolute atomic E-state index is 12.7. The van der Waals surface area contributed by atoms with Crippen molar-refractivity contribution in [1.29, 1.82) is 0 Å². The molecule has 0 bridgehead atoms. The average molecular weight is 400 g/mol. The molecular weight excluding hydrogens is 380 g/mol. The molecule has 0 saturated heterocycles. The van der Waals surface area contributed by atoms with Crippen molar-refractivity contribution in [2.24, 2.45) is 12.2 Å². The summed E-state index contributed by atoms with van der Waals surface area (Å²) in [6.07, 6.45) is 2.95. The zero-order valence-electron chi connectivity index (χ0n) is 15.7. The van der Waals surface area contributed by atoms with Gasteiger partial charge in [-0.3, -0.25) is 9.67 Å². The topological polar surface area (TPSA) is 117 Å². The van der Waals surface area contributed by atoms with Crippen LogP contribution < -0.4 is 5.14 Å². The van der Waals surface area contributed by atoms with Crippen LogP contribution in [0.25, 0.3) is 22.4 Å². The molecule has 0 aliphatic rings. The number of pyridine rings is 1. The summed E-state index contributed by atoms with van der Waals surface area (Å²) in [6, 6.07) is 9.55. The molecule has 2 heterocycles. The van der Waals surface area contributed by atoms with E-state index in [9.17, 15) is 13.2 Å². The van der Waals surface area contributed by atoms with Gasteiger partial charge in [0, 0.05) is 30.6 Å². The summed E-state index contributed by atoms with van der Waals surface area (Å²) >= 11 is 0. The van der Waals surface area contributed by atoms with E-state index in [1.807, 2.05) is 0 Å². The monoisotopic (exact) mass is 400 g/mol. The van der Waals surface area contributed by atoms with Crippen LogP contribution in [0.5, 0.6) is 0 Å². The van der Waals surface area contributed by atoms with Crippen LogP contribution in [0.4, 0.5) is 0 Å². The van der Waals surface area contributed by atoms with Crippen molar-refractivity contribution in [3.63, 3.8) is 0 Å². The molecule has 0 aliphatic heterocycles. The second-order valence-corrected chi connectivity index (χ2v) is 8.02. The first kappa shape index (κ1) is 19.7. The summed E-state index contributed by atoms with van der Waals surface area (Å²) < 4.78 is 29.9. The molecule has 3 aromatic rings. The lowest BCUT2D eigenvalue weighted by atomic mass is 9.99. The molecule has 0 amide bonds. The number of nitrogens with zero attached hydrogens (tertiary/aromatic N) is 3. The molecule has 2 aromatic heterocycles. The summed E-state index contributed by atoms with van der Waals surface area (Å²) in [5.41, 5.74) is 2.78. The number of ether oxygens (including phenoxy) is 1. The predicted molar refractivity (Wildman–Crippen MR) is 104 cm³/mol. The van der Waals surface area contributed by atoms with Crippen LogP contribution in [0.1, 0.15) is 24.3 Å². The Morgan fingerprint density at radius 3 is 2.21 bits per heavy atom. The third-order valence-corrected chi connectivity index (χ3v) is 4.94. The molecule has 9 heteroatoms. The smallest absolute Gasteiger partial charge is 0.357 e. The summed E-state index contributed by atoms with van der Waals surface area (Å²) in [7, 11) is -2.15. The fraction of sp³-hybridized carbons (Fsp3) is 0.211. The minimum atomic E-state index is -3.80. The van der Waals surface area contributed by atoms with E-state index in [1.54, 1.807) is 57.6 Å². The summed E-state index contributed by atoms with van der Waals surface area (Å²) in [5, 5.41) is 9.66. The molecule has 0 fully saturated rings. The number of carbonyl (C=O) groups is 1. The largest absolute Gasteiger partial charge is 0.458 e. The van der Waals surface area contributed by atoms with Gasteiger partial charge in [0.2, 0.25) is 10.0 Å². The van der Waals surface area contributed by atoms with Gasteiger partial charge in [-0.2, -0.15) is 5.10 Å². The molecule has 0 unspecified atom stereocenters. The highest BCUT2D eigenvalue weighted by atomic mass is 32.2. The lowest BCUT2D eigenvalue weighted by Gasteiger charge is -2.10. The van der Waals surface area contributed by atoms with Crippen molar-refractivity contribution >= 4 is 16.0 Å². The summed E-state index contributed by atoms with van der Waals surface area (Å²) in [5.74, 6) is -0.496. The van der Waals surface area contributed by atoms with Gasteiger partial charge >= 0.3 is 5.97 Å². The van der Waals surface area contributed by atoms with Crippen molar-refractivity contribution in [3.8, 4) is 22.4 Å². The van der Waals surface area contributed by atoms with Crippen molar-refractivity contribution in [1.82, 2.24) is 14.8 Å². The number of primary sulfonamides is 1. The first-order valence-electron chi connectivity index (χ1n) is 8.50. The number of hydrogen-bond acceptors (Lipinski definition) is 6. The van der Waals surface area contributed by atoms with Crippen molar-refractivity contribution in [2.45, 2.75) is 24.8 Å². The van der Waals surface area contributed by atoms with E-state index in [0.29, 0.717) is 22.5 Å². The van der Waals surface area contributed by atoms with E-state index < -0.39 is 16.0 Å². The van der Waals surface area contributed by atoms with Gasteiger partial charge in [-0.15, -0.1) is 0 Å². The molecule has 2 N–H and O–H groups in total. The maximum Gasteiger partial charge on any atom is 0.357 e. The molecule has 0 atom stereocenters. The van der Waals surface area contributed by atoms with Crippen LogP contribution in [0.15, 0.2) is 53.7 Å². The van der Waals surface area contributed by atoms with Crippen molar-refractivity contribution in [3.05, 3.63) is 54.5 Å². The van der Waals surface area contributed by atoms with Crippen molar-refractivity contribution < 1.29 is 17.9 Å². The predicted octanol–water partition coefficient (Wildman–Crippen LogP) is 2.36. The van der Waals surface area contributed by atoms with E-state index in [1.165, 1.54) is 16.8 Å². The highest BCUT2D eigenvalue weighted by Crippen LogP contribution is 2.35. The van der Waals surface area contributed by atoms with Crippen LogP contribution in [0, 0.1) is 0 Å². The second kappa shape index (κ2) is 7.53. The number of rotatable bonds is 5. The number of sulfonamides is 1. The fourth-order valence-corrected chi connectivity index (χ4v) is 3.34. The van der Waals surface area contributed by atoms with Gasteiger partial charge in [0.25, 0.3) is 0 Å². The Hall–Kier alpha value is -3.04. The first-order valence-corrected chi connectivity index (χ1v) is 10.0. The number of hydrogen-bond donors (Lipinski definition) is 1. The minimum Gasteiger partial charge on any atom is -0.458 e. The van der Waals surface area contributed by atoms with Gasteiger partial charge in [0.1, 0.15) is 5.69 Å². The Balaban J connectivity index is 2.20. The third kappa shape index (κ3) is 3.95. The zero-order valence-corrected chi connectivity index (χ0v) is 16.5. The van der Waals surface area contributed by atoms with Crippen LogP contribution in [-0.4, -0.2) is 35.3 Å². The molecular formula is C19H20N4O4S. The first-order chi connectivity index (χ1) is 13.2. The van der Waals surface area contributed by atoms with E-state index in [-0.39, 0.29) is 11.0 Å². The molecule has 1 aromatic carbocycles. The zero-order chi connectivity index (χ0) is 20.5. The van der Waals surface area contributed by atoms with Gasteiger partial charge in [-0.05, 0) is 43.7 Å². The highest BCUT2D eigenvalue weighted by Gasteiger charge is 2.26. The summed E-state index contributed by atoms with van der Waals surface area (Å²) in [6.45, 7) is 3.54. The van der Waals surface area contributed by atoms with E-state index in [2.05, 4.69) is 10.1 Å². The number of aromatic nitrogens is 3. The van der Waals surface area contributed by atoms with Gasteiger partial charge < -0.3 is 4.74 Å². The van der Waals surface area contributed by atoms with Crippen LogP contribution in [0.2, 0.25) is 0 Å². The Morgan fingerprint density at radius 1 is 1.07 bits per heavy atom. The molecule has 0 radical (unpaired) electrons. The maximum atomic E-state index is 12.7. The van der Waals surface area contributed by atoms with Gasteiger partial charge in [-0.1, -0.05) is 12.1 Å². The molecule has 8 nitrogen and oxygen atoms in total. The van der Waals surface area contributed by atoms with E-state index in [4.69, 9.17) is 9.88 Å². The highest BCUT2D eigenvalue weighted by molar-refractivity contribution is 7.89. The molecule has 0 aliphatic carbocycles. The molecule has 28 heavy (non-hydrogen) atoms. The fourth-order valence-electron chi connectivity index (χ4n) is 2.82. The SMILES string of the molecule is CC(C)OC(=O)c1c(-c2ccncc2)c(-c2ccc(S(N)(=O)=O)cc2)nn1C. The normalized spacial score (nSPS) is 11.6. The third-order valence-electron chi connectivity index (χ3n) is 4.01. The Morgan fingerprint density at radius 2 is 1.68 bits per heavy atom. The van der Waals surface area contributed by atoms with E-state index in [0.717, 1.165) is 5.56 Å². The lowest BCUT2D eigenvalue weighted by molar-refractivity contribution is 0.0366. The standard InChI is InChI=1S/C19H20N4O4S/c1-12(2)27-19(24)18-16(13-8-10-21-11-9-13)17(22-23(18)3)14-4-6-15(7-5-14)28(20,25)26/h4-12H,1-3H3,(H2,20,25,26). The van der Waals surface area contributed by atoms with Gasteiger partial charge in [-0.25, -0.2) is 18.4 Å². The molecule has 146 valence electrons. The van der Waals surface area contributed by atoms with E-state index >= 15 is 0 Å². The van der Waals surface area contributed by atoms with Gasteiger partial charge in [0.15, 0.2) is 5.69 Å². The minimum absolute atomic E-state index is 0.00270. The molecule has 0 spiro atoms. The molecule has 0 saturated carbocycles. The number of aryl methyl sites for hydroxylation is 1. The average Bonchev–Trinajstić information content (AvgIpc) is 2.98. The van der Waals surface area contributed by atoms with Crippen LogP contribution in [0.3, 0.4) is 0 Å². The Labute approximate surface area is 163 Å². The lowest BCUT2D eigenvalue weighted by Crippen LogP contribution is -2.16. The quantitative estimate of drug-likeness (QED) is 0.657. The Bertz CT molecular complexity index is 1100. The number of esters is 1. The Kier molecular flexibility index (Phi) is 5.30.